The number of rotatable bonds is 3. The highest BCUT2D eigenvalue weighted by Crippen LogP contribution is 2.67. The van der Waals surface area contributed by atoms with Crippen molar-refractivity contribution in [2.75, 3.05) is 9.91 Å². The van der Waals surface area contributed by atoms with Crippen LogP contribution in [0.1, 0.15) is 27.8 Å². The summed E-state index contributed by atoms with van der Waals surface area (Å²) in [6.45, 7) is 0. The van der Waals surface area contributed by atoms with E-state index in [1.54, 1.807) is 0 Å². The Labute approximate surface area is 250 Å². The third-order valence-electron chi connectivity index (χ3n) is 9.33. The fraction of sp³-hybridized carbons (Fsp3) is 0.0513. The second-order valence-corrected chi connectivity index (χ2v) is 11.3. The summed E-state index contributed by atoms with van der Waals surface area (Å²) in [6.07, 6.45) is 0. The molecule has 204 valence electrons. The number of carbonyl (C=O) groups excluding carboxylic acids is 1. The largest absolute Gasteiger partial charge is 0.346 e. The zero-order chi connectivity index (χ0) is 28.6. The lowest BCUT2D eigenvalue weighted by atomic mass is 9.76. The first-order chi connectivity index (χ1) is 21.3. The minimum absolute atomic E-state index is 0.0925. The Morgan fingerprint density at radius 2 is 0.884 bits per heavy atom. The van der Waals surface area contributed by atoms with Crippen LogP contribution in [-0.2, 0) is 11.2 Å². The number of hydrogen-bond donors (Lipinski definition) is 0. The SMILES string of the molecule is O=C1N2c3ccccc3C3(c4ccccc4-c4ccccc43)N2C(c2ccccc2)(c2ccccc2)N1c1ccccc1. The van der Waals surface area contributed by atoms with Gasteiger partial charge in [-0.25, -0.2) is 9.80 Å². The van der Waals surface area contributed by atoms with Gasteiger partial charge in [-0.15, -0.1) is 0 Å². The van der Waals surface area contributed by atoms with Gasteiger partial charge in [0.25, 0.3) is 0 Å². The third kappa shape index (κ3) is 2.86. The molecule has 0 radical (unpaired) electrons. The van der Waals surface area contributed by atoms with Gasteiger partial charge in [-0.05, 0) is 51.6 Å². The molecule has 6 aromatic rings. The number of fused-ring (bicyclic) bond motifs is 10. The molecule has 3 aliphatic rings. The van der Waals surface area contributed by atoms with E-state index in [1.807, 2.05) is 58.4 Å². The normalized spacial score (nSPS) is 17.1. The molecule has 6 aromatic carbocycles. The van der Waals surface area contributed by atoms with Crippen LogP contribution in [0.3, 0.4) is 0 Å². The highest BCUT2D eigenvalue weighted by molar-refractivity contribution is 6.10. The summed E-state index contributed by atoms with van der Waals surface area (Å²) < 4.78 is 0. The zero-order valence-electron chi connectivity index (χ0n) is 23.3. The first-order valence-electron chi connectivity index (χ1n) is 14.7. The summed E-state index contributed by atoms with van der Waals surface area (Å²) in [7, 11) is 0. The first-order valence-corrected chi connectivity index (χ1v) is 14.7. The summed E-state index contributed by atoms with van der Waals surface area (Å²) in [5, 5.41) is 4.33. The molecule has 0 unspecified atom stereocenters. The molecule has 2 aliphatic heterocycles. The maximum Gasteiger partial charge on any atom is 0.346 e. The van der Waals surface area contributed by atoms with Crippen molar-refractivity contribution in [2.45, 2.75) is 11.2 Å². The van der Waals surface area contributed by atoms with Crippen LogP contribution in [0.5, 0.6) is 0 Å². The standard InChI is InChI=1S/C39H27N3O/c43-37-40(30-20-8-3-9-21-30)39(28-16-4-1-5-17-28,29-18-6-2-7-19-29)42-38(35-26-14-15-27-36(35)41(37)42)33-24-12-10-22-31(33)32-23-11-13-25-34(32)38/h1-27H. The number of para-hydroxylation sites is 2. The van der Waals surface area contributed by atoms with Gasteiger partial charge in [0.2, 0.25) is 0 Å². The first kappa shape index (κ1) is 24.2. The van der Waals surface area contributed by atoms with Crippen LogP contribution >= 0.6 is 0 Å². The second-order valence-electron chi connectivity index (χ2n) is 11.3. The molecular formula is C39H27N3O. The Hall–Kier alpha value is -5.45. The van der Waals surface area contributed by atoms with Crippen LogP contribution in [0, 0.1) is 0 Å². The van der Waals surface area contributed by atoms with E-state index in [-0.39, 0.29) is 6.03 Å². The van der Waals surface area contributed by atoms with E-state index in [0.717, 1.165) is 28.1 Å². The molecule has 1 spiro atoms. The van der Waals surface area contributed by atoms with E-state index in [1.165, 1.54) is 22.3 Å². The highest BCUT2D eigenvalue weighted by Gasteiger charge is 2.71. The molecular weight excluding hydrogens is 526 g/mol. The molecule has 4 nitrogen and oxygen atoms in total. The van der Waals surface area contributed by atoms with Gasteiger partial charge >= 0.3 is 6.03 Å². The molecule has 1 saturated heterocycles. The number of anilines is 2. The molecule has 2 heterocycles. The van der Waals surface area contributed by atoms with E-state index < -0.39 is 11.2 Å². The van der Waals surface area contributed by atoms with Gasteiger partial charge < -0.3 is 0 Å². The smallest absolute Gasteiger partial charge is 0.264 e. The van der Waals surface area contributed by atoms with Gasteiger partial charge in [0.1, 0.15) is 5.54 Å². The lowest BCUT2D eigenvalue weighted by Crippen LogP contribution is -2.60. The quantitative estimate of drug-likeness (QED) is 0.220. The fourth-order valence-corrected chi connectivity index (χ4v) is 7.86. The summed E-state index contributed by atoms with van der Waals surface area (Å²) in [5.41, 5.74) is 7.75. The minimum atomic E-state index is -1.04. The molecule has 0 aromatic heterocycles. The molecule has 0 bridgehead atoms. The van der Waals surface area contributed by atoms with Crippen molar-refractivity contribution in [1.82, 2.24) is 5.01 Å². The number of urea groups is 1. The van der Waals surface area contributed by atoms with Gasteiger partial charge in [0.05, 0.1) is 5.69 Å². The Balaban J connectivity index is 1.51. The highest BCUT2D eigenvalue weighted by atomic mass is 16.2. The van der Waals surface area contributed by atoms with Crippen molar-refractivity contribution in [2.24, 2.45) is 0 Å². The van der Waals surface area contributed by atoms with Crippen LogP contribution in [-0.4, -0.2) is 11.0 Å². The maximum absolute atomic E-state index is 15.3. The molecule has 2 amide bonds. The Bertz CT molecular complexity index is 1940. The lowest BCUT2D eigenvalue weighted by molar-refractivity contribution is 0.0897. The van der Waals surface area contributed by atoms with E-state index in [0.29, 0.717) is 0 Å². The average molecular weight is 554 g/mol. The molecule has 43 heavy (non-hydrogen) atoms. The molecule has 0 N–H and O–H groups in total. The van der Waals surface area contributed by atoms with E-state index in [4.69, 9.17) is 0 Å². The Kier molecular flexibility index (Phi) is 4.93. The maximum atomic E-state index is 15.3. The van der Waals surface area contributed by atoms with Crippen molar-refractivity contribution >= 4 is 17.4 Å². The van der Waals surface area contributed by atoms with Gasteiger partial charge in [0.15, 0.2) is 5.66 Å². The Morgan fingerprint density at radius 1 is 0.442 bits per heavy atom. The van der Waals surface area contributed by atoms with Gasteiger partial charge in [0, 0.05) is 11.3 Å². The van der Waals surface area contributed by atoms with Gasteiger partial charge in [-0.3, -0.25) is 4.90 Å². The summed E-state index contributed by atoms with van der Waals surface area (Å²) in [5.74, 6) is 0. The molecule has 4 heteroatoms. The lowest BCUT2D eigenvalue weighted by Gasteiger charge is -2.49. The molecule has 0 saturated carbocycles. The molecule has 1 aliphatic carbocycles. The number of nitrogens with zero attached hydrogens (tertiary/aromatic N) is 3. The van der Waals surface area contributed by atoms with Crippen molar-refractivity contribution in [1.29, 1.82) is 0 Å². The zero-order valence-corrected chi connectivity index (χ0v) is 23.3. The predicted molar refractivity (Wildman–Crippen MR) is 171 cm³/mol. The topological polar surface area (TPSA) is 26.8 Å². The monoisotopic (exact) mass is 553 g/mol. The van der Waals surface area contributed by atoms with Crippen molar-refractivity contribution in [3.05, 3.63) is 192 Å². The number of hydrazine groups is 1. The minimum Gasteiger partial charge on any atom is -0.264 e. The predicted octanol–water partition coefficient (Wildman–Crippen LogP) is 8.54. The van der Waals surface area contributed by atoms with Crippen LogP contribution in [0.15, 0.2) is 164 Å². The number of amides is 2. The number of carbonyl (C=O) groups is 1. The number of benzene rings is 6. The average Bonchev–Trinajstić information content (AvgIpc) is 3.66. The Morgan fingerprint density at radius 3 is 1.44 bits per heavy atom. The van der Waals surface area contributed by atoms with Crippen molar-refractivity contribution < 1.29 is 4.79 Å². The molecule has 0 atom stereocenters. The molecule has 9 rings (SSSR count). The summed E-state index contributed by atoms with van der Waals surface area (Å²) >= 11 is 0. The molecule has 1 fully saturated rings. The van der Waals surface area contributed by atoms with Crippen LogP contribution in [0.4, 0.5) is 16.2 Å². The van der Waals surface area contributed by atoms with Crippen LogP contribution < -0.4 is 9.91 Å². The second kappa shape index (κ2) is 8.78. The third-order valence-corrected chi connectivity index (χ3v) is 9.33. The van der Waals surface area contributed by atoms with Gasteiger partial charge in [-0.1, -0.05) is 146 Å². The van der Waals surface area contributed by atoms with E-state index in [9.17, 15) is 0 Å². The van der Waals surface area contributed by atoms with Crippen LogP contribution in [0.2, 0.25) is 0 Å². The van der Waals surface area contributed by atoms with Crippen molar-refractivity contribution in [3.63, 3.8) is 0 Å². The van der Waals surface area contributed by atoms with E-state index in [2.05, 4.69) is 120 Å². The summed E-state index contributed by atoms with van der Waals surface area (Å²) in [4.78, 5) is 17.3. The fourth-order valence-electron chi connectivity index (χ4n) is 7.86. The van der Waals surface area contributed by atoms with Crippen molar-refractivity contribution in [3.8, 4) is 11.1 Å². The number of hydrogen-bond acceptors (Lipinski definition) is 2. The van der Waals surface area contributed by atoms with E-state index >= 15 is 4.79 Å². The van der Waals surface area contributed by atoms with Gasteiger partial charge in [-0.2, -0.15) is 5.01 Å². The summed E-state index contributed by atoms with van der Waals surface area (Å²) in [6, 6.07) is 56.8. The van der Waals surface area contributed by atoms with Crippen LogP contribution in [0.25, 0.3) is 11.1 Å².